The Morgan fingerprint density at radius 2 is 1.78 bits per heavy atom. The molecule has 0 aliphatic carbocycles. The van der Waals surface area contributed by atoms with Crippen molar-refractivity contribution in [2.24, 2.45) is 0 Å². The van der Waals surface area contributed by atoms with Gasteiger partial charge in [0.15, 0.2) is 0 Å². The predicted molar refractivity (Wildman–Crippen MR) is 90.5 cm³/mol. The molecule has 0 bridgehead atoms. The predicted octanol–water partition coefficient (Wildman–Crippen LogP) is 2.92. The molecule has 1 aliphatic rings. The summed E-state index contributed by atoms with van der Waals surface area (Å²) in [6.07, 6.45) is 0.316. The fraction of sp³-hybridized carbons (Fsp3) is 0.222. The molecule has 1 fully saturated rings. The van der Waals surface area contributed by atoms with Crippen LogP contribution in [0.25, 0.3) is 0 Å². The number of carbonyl (C=O) groups is 2. The molecule has 23 heavy (non-hydrogen) atoms. The Kier molecular flexibility index (Phi) is 4.28. The lowest BCUT2D eigenvalue weighted by Gasteiger charge is -2.17. The number of amides is 3. The first-order valence-corrected chi connectivity index (χ1v) is 7.62. The van der Waals surface area contributed by atoms with Gasteiger partial charge in [0.2, 0.25) is 5.91 Å². The maximum absolute atomic E-state index is 12.1. The van der Waals surface area contributed by atoms with Gasteiger partial charge in [-0.15, -0.1) is 0 Å². The second kappa shape index (κ2) is 6.52. The molecule has 118 valence electrons. The van der Waals surface area contributed by atoms with Crippen LogP contribution >= 0.6 is 0 Å². The molecule has 5 nitrogen and oxygen atoms in total. The summed E-state index contributed by atoms with van der Waals surface area (Å²) in [4.78, 5) is 26.0. The fourth-order valence-corrected chi connectivity index (χ4v) is 2.72. The van der Waals surface area contributed by atoms with E-state index in [0.717, 1.165) is 16.9 Å². The molecule has 0 spiro atoms. The van der Waals surface area contributed by atoms with Crippen molar-refractivity contribution in [3.8, 4) is 0 Å². The average Bonchev–Trinajstić information content (AvgIpc) is 2.91. The summed E-state index contributed by atoms with van der Waals surface area (Å²) < 4.78 is 0. The highest BCUT2D eigenvalue weighted by Crippen LogP contribution is 2.21. The van der Waals surface area contributed by atoms with E-state index >= 15 is 0 Å². The van der Waals surface area contributed by atoms with E-state index in [4.69, 9.17) is 0 Å². The third kappa shape index (κ3) is 3.51. The van der Waals surface area contributed by atoms with Gasteiger partial charge in [-0.05, 0) is 30.7 Å². The number of hydrogen-bond donors (Lipinski definition) is 2. The lowest BCUT2D eigenvalue weighted by molar-refractivity contribution is -0.117. The van der Waals surface area contributed by atoms with E-state index in [2.05, 4.69) is 10.6 Å². The van der Waals surface area contributed by atoms with Crippen molar-refractivity contribution in [2.75, 3.05) is 16.8 Å². The van der Waals surface area contributed by atoms with Crippen LogP contribution in [0, 0.1) is 6.92 Å². The van der Waals surface area contributed by atoms with Crippen molar-refractivity contribution in [3.05, 3.63) is 60.2 Å². The first-order chi connectivity index (χ1) is 11.1. The number of para-hydroxylation sites is 2. The number of aryl methyl sites for hydroxylation is 1. The van der Waals surface area contributed by atoms with Crippen LogP contribution in [0.2, 0.25) is 0 Å². The van der Waals surface area contributed by atoms with Gasteiger partial charge in [0, 0.05) is 24.3 Å². The summed E-state index contributed by atoms with van der Waals surface area (Å²) in [7, 11) is 0. The largest absolute Gasteiger partial charge is 0.333 e. The molecule has 2 N–H and O–H groups in total. The number of nitrogens with zero attached hydrogens (tertiary/aromatic N) is 1. The quantitative estimate of drug-likeness (QED) is 0.916. The highest BCUT2D eigenvalue weighted by Gasteiger charge is 2.31. The van der Waals surface area contributed by atoms with Crippen LogP contribution in [0.5, 0.6) is 0 Å². The van der Waals surface area contributed by atoms with Crippen LogP contribution < -0.4 is 15.5 Å². The van der Waals surface area contributed by atoms with Crippen molar-refractivity contribution >= 4 is 23.3 Å². The Morgan fingerprint density at radius 1 is 1.09 bits per heavy atom. The van der Waals surface area contributed by atoms with Gasteiger partial charge in [-0.25, -0.2) is 4.79 Å². The minimum atomic E-state index is -0.285. The van der Waals surface area contributed by atoms with Gasteiger partial charge in [0.05, 0.1) is 6.04 Å². The third-order valence-electron chi connectivity index (χ3n) is 3.92. The van der Waals surface area contributed by atoms with Crippen LogP contribution in [0.1, 0.15) is 12.0 Å². The summed E-state index contributed by atoms with van der Waals surface area (Å²) >= 11 is 0. The van der Waals surface area contributed by atoms with Gasteiger partial charge in [-0.3, -0.25) is 4.79 Å². The molecule has 1 aliphatic heterocycles. The molecule has 3 amide bonds. The molecule has 1 atom stereocenters. The van der Waals surface area contributed by atoms with E-state index in [9.17, 15) is 9.59 Å². The molecule has 0 saturated carbocycles. The first kappa shape index (κ1) is 15.1. The van der Waals surface area contributed by atoms with Crippen molar-refractivity contribution in [1.29, 1.82) is 0 Å². The Balaban J connectivity index is 1.60. The minimum Gasteiger partial charge on any atom is -0.333 e. The molecule has 0 unspecified atom stereocenters. The zero-order valence-corrected chi connectivity index (χ0v) is 13.0. The summed E-state index contributed by atoms with van der Waals surface area (Å²) in [6.45, 7) is 2.43. The Morgan fingerprint density at radius 3 is 2.52 bits per heavy atom. The average molecular weight is 309 g/mol. The highest BCUT2D eigenvalue weighted by molar-refractivity contribution is 5.97. The normalized spacial score (nSPS) is 17.2. The molecule has 2 aromatic rings. The van der Waals surface area contributed by atoms with Crippen molar-refractivity contribution in [1.82, 2.24) is 5.32 Å². The lowest BCUT2D eigenvalue weighted by Crippen LogP contribution is -2.39. The first-order valence-electron chi connectivity index (χ1n) is 7.62. The van der Waals surface area contributed by atoms with Crippen LogP contribution in [-0.4, -0.2) is 24.5 Å². The zero-order valence-electron chi connectivity index (χ0n) is 13.0. The molecule has 0 aromatic heterocycles. The highest BCUT2D eigenvalue weighted by atomic mass is 16.2. The summed E-state index contributed by atoms with van der Waals surface area (Å²) in [5, 5.41) is 5.70. The van der Waals surface area contributed by atoms with Crippen LogP contribution in [0.3, 0.4) is 0 Å². The molecule has 3 rings (SSSR count). The molecule has 1 saturated heterocycles. The van der Waals surface area contributed by atoms with E-state index < -0.39 is 0 Å². The summed E-state index contributed by atoms with van der Waals surface area (Å²) in [5.41, 5.74) is 2.63. The molecule has 2 aromatic carbocycles. The van der Waals surface area contributed by atoms with E-state index in [1.165, 1.54) is 0 Å². The third-order valence-corrected chi connectivity index (χ3v) is 3.92. The van der Waals surface area contributed by atoms with Gasteiger partial charge in [-0.2, -0.15) is 0 Å². The van der Waals surface area contributed by atoms with Gasteiger partial charge < -0.3 is 15.5 Å². The summed E-state index contributed by atoms with van der Waals surface area (Å²) in [5.74, 6) is 0.0254. The van der Waals surface area contributed by atoms with Crippen molar-refractivity contribution in [3.63, 3.8) is 0 Å². The molecule has 5 heteroatoms. The minimum absolute atomic E-state index is 0.0254. The molecule has 0 radical (unpaired) electrons. The second-order valence-corrected chi connectivity index (χ2v) is 5.65. The monoisotopic (exact) mass is 309 g/mol. The van der Waals surface area contributed by atoms with E-state index in [1.807, 2.05) is 61.5 Å². The SMILES string of the molecule is Cc1ccccc1NC(=O)N[C@@H]1CC(=O)N(c2ccccc2)C1. The second-order valence-electron chi connectivity index (χ2n) is 5.65. The van der Waals surface area contributed by atoms with Crippen LogP contribution in [-0.2, 0) is 4.79 Å². The smallest absolute Gasteiger partial charge is 0.319 e. The van der Waals surface area contributed by atoms with Crippen LogP contribution in [0.4, 0.5) is 16.2 Å². The molecule has 1 heterocycles. The van der Waals surface area contributed by atoms with Gasteiger partial charge in [0.25, 0.3) is 0 Å². The van der Waals surface area contributed by atoms with Gasteiger partial charge in [0.1, 0.15) is 0 Å². The van der Waals surface area contributed by atoms with Crippen molar-refractivity contribution in [2.45, 2.75) is 19.4 Å². The maximum atomic E-state index is 12.1. The van der Waals surface area contributed by atoms with Crippen molar-refractivity contribution < 1.29 is 9.59 Å². The number of carbonyl (C=O) groups excluding carboxylic acids is 2. The Hall–Kier alpha value is -2.82. The Labute approximate surface area is 135 Å². The van der Waals surface area contributed by atoms with Crippen LogP contribution in [0.15, 0.2) is 54.6 Å². The molecular weight excluding hydrogens is 290 g/mol. The van der Waals surface area contributed by atoms with Gasteiger partial charge in [-0.1, -0.05) is 36.4 Å². The molecular formula is C18H19N3O2. The number of anilines is 2. The number of urea groups is 1. The fourth-order valence-electron chi connectivity index (χ4n) is 2.72. The summed E-state index contributed by atoms with van der Waals surface area (Å²) in [6, 6.07) is 16.6. The van der Waals surface area contributed by atoms with Gasteiger partial charge >= 0.3 is 6.03 Å². The van der Waals surface area contributed by atoms with E-state index in [1.54, 1.807) is 4.90 Å². The number of benzene rings is 2. The number of nitrogens with one attached hydrogen (secondary N) is 2. The van der Waals surface area contributed by atoms with E-state index in [-0.39, 0.29) is 18.0 Å². The topological polar surface area (TPSA) is 61.4 Å². The van der Waals surface area contributed by atoms with E-state index in [0.29, 0.717) is 13.0 Å². The maximum Gasteiger partial charge on any atom is 0.319 e. The standard InChI is InChI=1S/C18H19N3O2/c1-13-7-5-6-10-16(13)20-18(23)19-14-11-17(22)21(12-14)15-8-3-2-4-9-15/h2-10,14H,11-12H2,1H3,(H2,19,20,23)/t14-/m1/s1. The Bertz CT molecular complexity index is 715. The number of hydrogen-bond acceptors (Lipinski definition) is 2. The zero-order chi connectivity index (χ0) is 16.2. The number of rotatable bonds is 3. The lowest BCUT2D eigenvalue weighted by atomic mass is 10.2.